The summed E-state index contributed by atoms with van der Waals surface area (Å²) < 4.78 is 2.68. The highest BCUT2D eigenvalue weighted by Crippen LogP contribution is 1.95. The average Bonchev–Trinajstić information content (AvgIpc) is 2.71. The number of aryl methyl sites for hydroxylation is 1. The van der Waals surface area contributed by atoms with Gasteiger partial charge in [0.05, 0.1) is 13.2 Å². The van der Waals surface area contributed by atoms with E-state index in [1.807, 2.05) is 0 Å². The van der Waals surface area contributed by atoms with Gasteiger partial charge in [0, 0.05) is 19.2 Å². The predicted molar refractivity (Wildman–Crippen MR) is 64.2 cm³/mol. The smallest absolute Gasteiger partial charge is 0.350 e. The number of fused-ring (bicyclic) bond motifs is 1. The van der Waals surface area contributed by atoms with Gasteiger partial charge in [-0.25, -0.2) is 9.48 Å². The minimum absolute atomic E-state index is 0.0972. The van der Waals surface area contributed by atoms with E-state index >= 15 is 0 Å². The standard InChI is InChI=1S/C11H14N4O3/c16-8-5-12-10(17)4-7-15-11(18)14-6-2-1-3-9(14)13-15/h1-3,6,16H,4-5,7-8H2,(H,12,17). The predicted octanol–water partition coefficient (Wildman–Crippen LogP) is -1.01. The molecule has 0 fully saturated rings. The number of carbonyl (C=O) groups excluding carboxylic acids is 1. The molecule has 2 heterocycles. The molecule has 0 saturated heterocycles. The molecule has 0 aromatic carbocycles. The lowest BCUT2D eigenvalue weighted by molar-refractivity contribution is -0.121. The number of pyridine rings is 1. The second-order valence-corrected chi connectivity index (χ2v) is 3.76. The highest BCUT2D eigenvalue weighted by molar-refractivity contribution is 5.75. The highest BCUT2D eigenvalue weighted by atomic mass is 16.3. The van der Waals surface area contributed by atoms with Crippen molar-refractivity contribution in [3.63, 3.8) is 0 Å². The second kappa shape index (κ2) is 5.46. The molecule has 0 bridgehead atoms. The van der Waals surface area contributed by atoms with Crippen molar-refractivity contribution in [1.29, 1.82) is 0 Å². The van der Waals surface area contributed by atoms with Crippen LogP contribution in [-0.4, -0.2) is 38.3 Å². The van der Waals surface area contributed by atoms with Crippen LogP contribution in [0.4, 0.5) is 0 Å². The van der Waals surface area contributed by atoms with Crippen LogP contribution in [-0.2, 0) is 11.3 Å². The minimum Gasteiger partial charge on any atom is -0.395 e. The highest BCUT2D eigenvalue weighted by Gasteiger charge is 2.07. The van der Waals surface area contributed by atoms with E-state index in [2.05, 4.69) is 10.4 Å². The number of rotatable bonds is 5. The Balaban J connectivity index is 2.06. The fourth-order valence-electron chi connectivity index (χ4n) is 1.60. The zero-order valence-corrected chi connectivity index (χ0v) is 9.74. The first-order chi connectivity index (χ1) is 8.72. The third-order valence-corrected chi connectivity index (χ3v) is 2.47. The average molecular weight is 250 g/mol. The van der Waals surface area contributed by atoms with Crippen LogP contribution in [0.3, 0.4) is 0 Å². The third kappa shape index (κ3) is 2.57. The van der Waals surface area contributed by atoms with Crippen molar-refractivity contribution >= 4 is 11.6 Å². The zero-order chi connectivity index (χ0) is 13.0. The molecular formula is C11H14N4O3. The SMILES string of the molecule is O=C(CCn1nc2ccccn2c1=O)NCCO. The molecular weight excluding hydrogens is 236 g/mol. The van der Waals surface area contributed by atoms with Gasteiger partial charge >= 0.3 is 5.69 Å². The van der Waals surface area contributed by atoms with E-state index in [0.29, 0.717) is 5.65 Å². The number of aliphatic hydroxyl groups is 1. The number of hydrogen-bond donors (Lipinski definition) is 2. The number of aromatic nitrogens is 3. The van der Waals surface area contributed by atoms with Gasteiger partial charge in [-0.05, 0) is 12.1 Å². The fourth-order valence-corrected chi connectivity index (χ4v) is 1.60. The first-order valence-electron chi connectivity index (χ1n) is 5.64. The van der Waals surface area contributed by atoms with E-state index in [0.717, 1.165) is 0 Å². The molecule has 0 aliphatic carbocycles. The molecule has 0 atom stereocenters. The Bertz CT molecular complexity index is 602. The summed E-state index contributed by atoms with van der Waals surface area (Å²) in [6, 6.07) is 5.26. The molecule has 1 amide bonds. The molecule has 0 aliphatic heterocycles. The van der Waals surface area contributed by atoms with Crippen LogP contribution < -0.4 is 11.0 Å². The Kier molecular flexibility index (Phi) is 3.73. The van der Waals surface area contributed by atoms with E-state index in [1.165, 1.54) is 9.08 Å². The van der Waals surface area contributed by atoms with Crippen LogP contribution in [0.15, 0.2) is 29.2 Å². The first kappa shape index (κ1) is 12.3. The van der Waals surface area contributed by atoms with Crippen molar-refractivity contribution in [3.8, 4) is 0 Å². The molecule has 96 valence electrons. The molecule has 18 heavy (non-hydrogen) atoms. The summed E-state index contributed by atoms with van der Waals surface area (Å²) in [7, 11) is 0. The van der Waals surface area contributed by atoms with Crippen molar-refractivity contribution in [2.24, 2.45) is 0 Å². The molecule has 2 rings (SSSR count). The number of nitrogens with one attached hydrogen (secondary N) is 1. The number of hydrogen-bond acceptors (Lipinski definition) is 4. The minimum atomic E-state index is -0.263. The van der Waals surface area contributed by atoms with Crippen LogP contribution in [0.25, 0.3) is 5.65 Å². The molecule has 2 N–H and O–H groups in total. The lowest BCUT2D eigenvalue weighted by Gasteiger charge is -2.01. The second-order valence-electron chi connectivity index (χ2n) is 3.76. The van der Waals surface area contributed by atoms with Crippen molar-refractivity contribution in [3.05, 3.63) is 34.9 Å². The van der Waals surface area contributed by atoms with Gasteiger partial charge in [0.1, 0.15) is 0 Å². The lowest BCUT2D eigenvalue weighted by Crippen LogP contribution is -2.29. The van der Waals surface area contributed by atoms with Crippen LogP contribution in [0, 0.1) is 0 Å². The molecule has 0 spiro atoms. The van der Waals surface area contributed by atoms with Crippen molar-refractivity contribution < 1.29 is 9.90 Å². The van der Waals surface area contributed by atoms with Crippen molar-refractivity contribution in [2.45, 2.75) is 13.0 Å². The summed E-state index contributed by atoms with van der Waals surface area (Å²) in [5.74, 6) is -0.215. The van der Waals surface area contributed by atoms with Crippen molar-refractivity contribution in [1.82, 2.24) is 19.5 Å². The lowest BCUT2D eigenvalue weighted by atomic mass is 10.4. The van der Waals surface area contributed by atoms with E-state index in [1.54, 1.807) is 24.4 Å². The van der Waals surface area contributed by atoms with Crippen molar-refractivity contribution in [2.75, 3.05) is 13.2 Å². The van der Waals surface area contributed by atoms with E-state index in [9.17, 15) is 9.59 Å². The van der Waals surface area contributed by atoms with Gasteiger partial charge in [-0.1, -0.05) is 6.07 Å². The summed E-state index contributed by atoms with van der Waals surface area (Å²) in [6.45, 7) is 0.344. The number of amides is 1. The Hall–Kier alpha value is -2.15. The Labute approximate surface area is 103 Å². The molecule has 7 nitrogen and oxygen atoms in total. The third-order valence-electron chi connectivity index (χ3n) is 2.47. The topological polar surface area (TPSA) is 88.6 Å². The van der Waals surface area contributed by atoms with Gasteiger partial charge in [-0.2, -0.15) is 0 Å². The zero-order valence-electron chi connectivity index (χ0n) is 9.74. The summed E-state index contributed by atoms with van der Waals surface area (Å²) in [6.07, 6.45) is 1.79. The summed E-state index contributed by atoms with van der Waals surface area (Å²) in [5, 5.41) is 15.2. The molecule has 0 saturated carbocycles. The number of carbonyl (C=O) groups is 1. The largest absolute Gasteiger partial charge is 0.395 e. The molecule has 0 radical (unpaired) electrons. The van der Waals surface area contributed by atoms with Crippen LogP contribution >= 0.6 is 0 Å². The van der Waals surface area contributed by atoms with Crippen LogP contribution in [0.5, 0.6) is 0 Å². The molecule has 0 aliphatic rings. The Morgan fingerprint density at radius 2 is 2.28 bits per heavy atom. The maximum atomic E-state index is 11.8. The van der Waals surface area contributed by atoms with E-state index in [-0.39, 0.29) is 37.7 Å². The summed E-state index contributed by atoms with van der Waals surface area (Å²) in [4.78, 5) is 23.2. The van der Waals surface area contributed by atoms with Gasteiger partial charge in [-0.3, -0.25) is 9.20 Å². The molecule has 2 aromatic heterocycles. The van der Waals surface area contributed by atoms with Gasteiger partial charge in [-0.15, -0.1) is 5.10 Å². The Morgan fingerprint density at radius 1 is 1.44 bits per heavy atom. The fraction of sp³-hybridized carbons (Fsp3) is 0.364. The number of nitrogens with zero attached hydrogens (tertiary/aromatic N) is 3. The van der Waals surface area contributed by atoms with E-state index in [4.69, 9.17) is 5.11 Å². The van der Waals surface area contributed by atoms with Crippen LogP contribution in [0.2, 0.25) is 0 Å². The first-order valence-corrected chi connectivity index (χ1v) is 5.64. The van der Waals surface area contributed by atoms with E-state index < -0.39 is 0 Å². The van der Waals surface area contributed by atoms with Gasteiger partial charge in [0.25, 0.3) is 0 Å². The number of aliphatic hydroxyl groups excluding tert-OH is 1. The quantitative estimate of drug-likeness (QED) is 0.712. The van der Waals surface area contributed by atoms with Gasteiger partial charge in [0.2, 0.25) is 5.91 Å². The summed E-state index contributed by atoms with van der Waals surface area (Å²) in [5.41, 5.74) is 0.291. The van der Waals surface area contributed by atoms with Crippen LogP contribution in [0.1, 0.15) is 6.42 Å². The molecule has 7 heteroatoms. The maximum Gasteiger partial charge on any atom is 0.350 e. The summed E-state index contributed by atoms with van der Waals surface area (Å²) >= 11 is 0. The normalized spacial score (nSPS) is 10.7. The molecule has 0 unspecified atom stereocenters. The van der Waals surface area contributed by atoms with Gasteiger partial charge < -0.3 is 10.4 Å². The van der Waals surface area contributed by atoms with Gasteiger partial charge in [0.15, 0.2) is 5.65 Å². The maximum absolute atomic E-state index is 11.8. The Morgan fingerprint density at radius 3 is 3.00 bits per heavy atom. The molecule has 2 aromatic rings. The monoisotopic (exact) mass is 250 g/mol.